The quantitative estimate of drug-likeness (QED) is 0.571. The zero-order chi connectivity index (χ0) is 15.8. The van der Waals surface area contributed by atoms with Crippen LogP contribution in [-0.4, -0.2) is 24.2 Å². The molecule has 2 aromatic heterocycles. The van der Waals surface area contributed by atoms with Crippen molar-refractivity contribution in [3.8, 4) is 23.0 Å². The first-order valence-electron chi connectivity index (χ1n) is 7.17. The number of rotatable bonds is 3. The molecule has 0 amide bonds. The summed E-state index contributed by atoms with van der Waals surface area (Å²) in [6, 6.07) is 15.4. The van der Waals surface area contributed by atoms with Crippen LogP contribution in [0, 0.1) is 0 Å². The molecule has 5 heteroatoms. The van der Waals surface area contributed by atoms with Gasteiger partial charge in [0.1, 0.15) is 5.52 Å². The van der Waals surface area contributed by atoms with Gasteiger partial charge >= 0.3 is 0 Å². The molecule has 4 aromatic rings. The maximum absolute atomic E-state index is 5.80. The molecule has 0 spiro atoms. The van der Waals surface area contributed by atoms with Crippen LogP contribution in [0.5, 0.6) is 11.5 Å². The van der Waals surface area contributed by atoms with Crippen LogP contribution in [0.3, 0.4) is 0 Å². The van der Waals surface area contributed by atoms with Crippen LogP contribution in [0.25, 0.3) is 33.6 Å². The van der Waals surface area contributed by atoms with Gasteiger partial charge in [-0.05, 0) is 24.3 Å². The van der Waals surface area contributed by atoms with Crippen LogP contribution in [0.4, 0.5) is 0 Å². The molecular formula is C18H14N2O3. The molecule has 2 heterocycles. The molecule has 0 radical (unpaired) electrons. The summed E-state index contributed by atoms with van der Waals surface area (Å²) in [4.78, 5) is 9.07. The average molecular weight is 306 g/mol. The molecule has 0 aliphatic heterocycles. The van der Waals surface area contributed by atoms with E-state index in [0.29, 0.717) is 28.6 Å². The van der Waals surface area contributed by atoms with Gasteiger partial charge in [-0.2, -0.15) is 0 Å². The Balaban J connectivity index is 1.93. The highest BCUT2D eigenvalue weighted by Gasteiger charge is 2.13. The maximum atomic E-state index is 5.80. The van der Waals surface area contributed by atoms with Gasteiger partial charge in [0.15, 0.2) is 11.5 Å². The van der Waals surface area contributed by atoms with Crippen LogP contribution in [0.2, 0.25) is 0 Å². The van der Waals surface area contributed by atoms with E-state index in [1.54, 1.807) is 14.2 Å². The van der Waals surface area contributed by atoms with E-state index in [1.807, 2.05) is 48.5 Å². The lowest BCUT2D eigenvalue weighted by atomic mass is 10.2. The number of methoxy groups -OCH3 is 2. The molecule has 0 saturated heterocycles. The summed E-state index contributed by atoms with van der Waals surface area (Å²) in [5, 5.41) is 0.920. The van der Waals surface area contributed by atoms with Crippen LogP contribution >= 0.6 is 0 Å². The van der Waals surface area contributed by atoms with Crippen molar-refractivity contribution in [3.05, 3.63) is 48.5 Å². The molecule has 0 aliphatic rings. The lowest BCUT2D eigenvalue weighted by molar-refractivity contribution is 0.356. The number of benzene rings is 2. The van der Waals surface area contributed by atoms with Gasteiger partial charge in [0.2, 0.25) is 11.6 Å². The molecule has 0 aliphatic carbocycles. The highest BCUT2D eigenvalue weighted by Crippen LogP contribution is 2.33. The van der Waals surface area contributed by atoms with Crippen molar-refractivity contribution >= 4 is 22.1 Å². The second-order valence-corrected chi connectivity index (χ2v) is 5.10. The Morgan fingerprint density at radius 3 is 2.30 bits per heavy atom. The van der Waals surface area contributed by atoms with Crippen molar-refractivity contribution < 1.29 is 13.9 Å². The van der Waals surface area contributed by atoms with E-state index >= 15 is 0 Å². The predicted octanol–water partition coefficient (Wildman–Crippen LogP) is 4.06. The van der Waals surface area contributed by atoms with Crippen molar-refractivity contribution in [2.24, 2.45) is 0 Å². The van der Waals surface area contributed by atoms with E-state index in [2.05, 4.69) is 9.97 Å². The molecule has 2 aromatic carbocycles. The molecule has 0 atom stereocenters. The van der Waals surface area contributed by atoms with E-state index in [0.717, 1.165) is 16.5 Å². The zero-order valence-electron chi connectivity index (χ0n) is 12.7. The normalized spacial score (nSPS) is 11.0. The van der Waals surface area contributed by atoms with Crippen molar-refractivity contribution in [1.29, 1.82) is 0 Å². The number of oxazole rings is 1. The van der Waals surface area contributed by atoms with Gasteiger partial charge in [0.05, 0.1) is 19.7 Å². The van der Waals surface area contributed by atoms with E-state index in [1.165, 1.54) is 0 Å². The predicted molar refractivity (Wildman–Crippen MR) is 87.9 cm³/mol. The SMILES string of the molecule is COc1cc2cc3nc(-c4ccccc4)oc3nc2cc1OC. The minimum Gasteiger partial charge on any atom is -0.493 e. The molecule has 0 fully saturated rings. The Hall–Kier alpha value is -3.08. The fourth-order valence-electron chi connectivity index (χ4n) is 2.56. The summed E-state index contributed by atoms with van der Waals surface area (Å²) in [6.45, 7) is 0. The standard InChI is InChI=1S/C18H14N2O3/c1-21-15-9-12-8-14-18(19-13(12)10-16(15)22-2)23-17(20-14)11-6-4-3-5-7-11/h3-10H,1-2H3. The lowest BCUT2D eigenvalue weighted by Gasteiger charge is -2.08. The Labute approximate surface area is 132 Å². The second kappa shape index (κ2) is 5.28. The number of hydrogen-bond donors (Lipinski definition) is 0. The number of pyridine rings is 1. The number of aromatic nitrogens is 2. The smallest absolute Gasteiger partial charge is 0.247 e. The Kier molecular flexibility index (Phi) is 3.12. The summed E-state index contributed by atoms with van der Waals surface area (Å²) in [5.41, 5.74) is 2.91. The van der Waals surface area contributed by atoms with Crippen molar-refractivity contribution in [2.45, 2.75) is 0 Å². The van der Waals surface area contributed by atoms with Crippen molar-refractivity contribution in [3.63, 3.8) is 0 Å². The third-order valence-corrected chi connectivity index (χ3v) is 3.70. The number of fused-ring (bicyclic) bond motifs is 2. The Bertz CT molecular complexity index is 933. The third kappa shape index (κ3) is 2.26. The van der Waals surface area contributed by atoms with Gasteiger partial charge in [-0.3, -0.25) is 0 Å². The first-order valence-corrected chi connectivity index (χ1v) is 7.17. The fraction of sp³-hybridized carbons (Fsp3) is 0.111. The molecule has 23 heavy (non-hydrogen) atoms. The first kappa shape index (κ1) is 13.6. The van der Waals surface area contributed by atoms with Gasteiger partial charge in [-0.15, -0.1) is 0 Å². The average Bonchev–Trinajstić information content (AvgIpc) is 3.02. The lowest BCUT2D eigenvalue weighted by Crippen LogP contribution is -1.91. The van der Waals surface area contributed by atoms with E-state index in [4.69, 9.17) is 13.9 Å². The second-order valence-electron chi connectivity index (χ2n) is 5.10. The summed E-state index contributed by atoms with van der Waals surface area (Å²) < 4.78 is 16.5. The molecule has 0 unspecified atom stereocenters. The van der Waals surface area contributed by atoms with Gasteiger partial charge in [-0.1, -0.05) is 18.2 Å². The van der Waals surface area contributed by atoms with Crippen LogP contribution in [0.1, 0.15) is 0 Å². The summed E-state index contributed by atoms with van der Waals surface area (Å²) in [6.07, 6.45) is 0. The number of nitrogens with zero attached hydrogens (tertiary/aromatic N) is 2. The molecule has 0 bridgehead atoms. The molecule has 114 valence electrons. The minimum absolute atomic E-state index is 0.503. The minimum atomic E-state index is 0.503. The van der Waals surface area contributed by atoms with E-state index < -0.39 is 0 Å². The maximum Gasteiger partial charge on any atom is 0.247 e. The van der Waals surface area contributed by atoms with Gasteiger partial charge in [0.25, 0.3) is 0 Å². The first-order chi connectivity index (χ1) is 11.3. The molecule has 5 nitrogen and oxygen atoms in total. The van der Waals surface area contributed by atoms with E-state index in [9.17, 15) is 0 Å². The highest BCUT2D eigenvalue weighted by molar-refractivity contribution is 5.91. The Morgan fingerprint density at radius 2 is 1.57 bits per heavy atom. The summed E-state index contributed by atoms with van der Waals surface area (Å²) in [5.74, 6) is 1.85. The van der Waals surface area contributed by atoms with Crippen molar-refractivity contribution in [1.82, 2.24) is 9.97 Å². The molecule has 0 saturated carbocycles. The van der Waals surface area contributed by atoms with Gasteiger partial charge in [0, 0.05) is 17.0 Å². The summed E-state index contributed by atoms with van der Waals surface area (Å²) in [7, 11) is 3.21. The molecule has 0 N–H and O–H groups in total. The summed E-state index contributed by atoms with van der Waals surface area (Å²) >= 11 is 0. The topological polar surface area (TPSA) is 57.4 Å². The van der Waals surface area contributed by atoms with Crippen LogP contribution in [0.15, 0.2) is 52.9 Å². The van der Waals surface area contributed by atoms with Gasteiger partial charge in [-0.25, -0.2) is 9.97 Å². The highest BCUT2D eigenvalue weighted by atomic mass is 16.5. The fourth-order valence-corrected chi connectivity index (χ4v) is 2.56. The third-order valence-electron chi connectivity index (χ3n) is 3.70. The Morgan fingerprint density at radius 1 is 0.826 bits per heavy atom. The van der Waals surface area contributed by atoms with Gasteiger partial charge < -0.3 is 13.9 Å². The largest absolute Gasteiger partial charge is 0.493 e. The van der Waals surface area contributed by atoms with Crippen molar-refractivity contribution in [2.75, 3.05) is 14.2 Å². The number of ether oxygens (including phenoxy) is 2. The monoisotopic (exact) mass is 306 g/mol. The molecular weight excluding hydrogens is 292 g/mol. The van der Waals surface area contributed by atoms with Crippen LogP contribution < -0.4 is 9.47 Å². The zero-order valence-corrected chi connectivity index (χ0v) is 12.7. The molecule has 4 rings (SSSR count). The number of hydrogen-bond acceptors (Lipinski definition) is 5. The van der Waals surface area contributed by atoms with E-state index in [-0.39, 0.29) is 0 Å². The van der Waals surface area contributed by atoms with Crippen LogP contribution in [-0.2, 0) is 0 Å².